The molecule has 8 heteroatoms. The molecule has 2 atom stereocenters. The van der Waals surface area contributed by atoms with Crippen LogP contribution in [0.2, 0.25) is 0 Å². The molecule has 5 N–H and O–H groups in total. The molecule has 0 bridgehead atoms. The van der Waals surface area contributed by atoms with Gasteiger partial charge in [-0.15, -0.1) is 5.53 Å². The van der Waals surface area contributed by atoms with Crippen LogP contribution in [-0.4, -0.2) is 42.6 Å². The van der Waals surface area contributed by atoms with Crippen molar-refractivity contribution >= 4 is 11.9 Å². The molecular formula is C23H29N5O3. The summed E-state index contributed by atoms with van der Waals surface area (Å²) in [6.45, 7) is 2.00. The molecule has 0 spiro atoms. The zero-order chi connectivity index (χ0) is 22.2. The van der Waals surface area contributed by atoms with Crippen molar-refractivity contribution in [2.45, 2.75) is 31.8 Å². The first kappa shape index (κ1) is 22.3. The maximum Gasteiger partial charge on any atom is 0.322 e. The van der Waals surface area contributed by atoms with E-state index >= 15 is 0 Å². The second kappa shape index (κ2) is 10.6. The van der Waals surface area contributed by atoms with E-state index in [1.165, 1.54) is 0 Å². The SMILES string of the molecule is CCOC(=O)[C@H](N)C[C@@H](Cc1ccc(-c2ccccc2)cc1)NC(=O)C1=CNNN1C. The molecule has 3 rings (SSSR count). The maximum absolute atomic E-state index is 12.7. The first-order valence-corrected chi connectivity index (χ1v) is 10.3. The highest BCUT2D eigenvalue weighted by Crippen LogP contribution is 2.20. The molecule has 2 aromatic carbocycles. The fourth-order valence-electron chi connectivity index (χ4n) is 3.43. The van der Waals surface area contributed by atoms with Crippen LogP contribution in [0.25, 0.3) is 11.1 Å². The summed E-state index contributed by atoms with van der Waals surface area (Å²) in [4.78, 5) is 24.7. The van der Waals surface area contributed by atoms with Gasteiger partial charge in [0.05, 0.1) is 6.61 Å². The van der Waals surface area contributed by atoms with Gasteiger partial charge in [-0.05, 0) is 36.5 Å². The van der Waals surface area contributed by atoms with E-state index in [1.54, 1.807) is 25.2 Å². The predicted molar refractivity (Wildman–Crippen MR) is 119 cm³/mol. The second-order valence-electron chi connectivity index (χ2n) is 7.38. The Morgan fingerprint density at radius 2 is 1.77 bits per heavy atom. The van der Waals surface area contributed by atoms with Crippen molar-refractivity contribution in [1.29, 1.82) is 0 Å². The van der Waals surface area contributed by atoms with E-state index in [0.29, 0.717) is 12.1 Å². The molecule has 31 heavy (non-hydrogen) atoms. The summed E-state index contributed by atoms with van der Waals surface area (Å²) in [5.74, 6) is -0.733. The molecule has 2 aromatic rings. The Balaban J connectivity index is 1.72. The lowest BCUT2D eigenvalue weighted by Crippen LogP contribution is -2.46. The number of hydrogen-bond donors (Lipinski definition) is 4. The number of nitrogens with one attached hydrogen (secondary N) is 3. The number of carbonyl (C=O) groups excluding carboxylic acids is 2. The Kier molecular flexibility index (Phi) is 7.64. The third kappa shape index (κ3) is 6.07. The van der Waals surface area contributed by atoms with Crippen LogP contribution in [0, 0.1) is 0 Å². The van der Waals surface area contributed by atoms with Gasteiger partial charge < -0.3 is 21.2 Å². The van der Waals surface area contributed by atoms with E-state index < -0.39 is 12.0 Å². The van der Waals surface area contributed by atoms with E-state index in [2.05, 4.69) is 40.5 Å². The van der Waals surface area contributed by atoms with E-state index in [9.17, 15) is 9.59 Å². The predicted octanol–water partition coefficient (Wildman–Crippen LogP) is 1.46. The van der Waals surface area contributed by atoms with Gasteiger partial charge in [-0.3, -0.25) is 14.6 Å². The van der Waals surface area contributed by atoms with Crippen LogP contribution in [0.15, 0.2) is 66.5 Å². The van der Waals surface area contributed by atoms with Crippen molar-refractivity contribution in [1.82, 2.24) is 21.3 Å². The number of hydrogen-bond acceptors (Lipinski definition) is 7. The van der Waals surface area contributed by atoms with Gasteiger partial charge in [-0.2, -0.15) is 0 Å². The quantitative estimate of drug-likeness (QED) is 0.452. The van der Waals surface area contributed by atoms with Crippen molar-refractivity contribution < 1.29 is 14.3 Å². The zero-order valence-corrected chi connectivity index (χ0v) is 17.8. The fourth-order valence-corrected chi connectivity index (χ4v) is 3.43. The first-order chi connectivity index (χ1) is 15.0. The van der Waals surface area contributed by atoms with Gasteiger partial charge in [0.2, 0.25) is 0 Å². The molecule has 164 valence electrons. The van der Waals surface area contributed by atoms with Crippen LogP contribution in [0.1, 0.15) is 18.9 Å². The molecule has 1 heterocycles. The van der Waals surface area contributed by atoms with E-state index in [-0.39, 0.29) is 25.0 Å². The smallest absolute Gasteiger partial charge is 0.322 e. The molecule has 1 aliphatic heterocycles. The number of amides is 1. The minimum atomic E-state index is -0.819. The van der Waals surface area contributed by atoms with Gasteiger partial charge >= 0.3 is 5.97 Å². The van der Waals surface area contributed by atoms with Gasteiger partial charge in [-0.1, -0.05) is 54.6 Å². The number of nitrogens with two attached hydrogens (primary N) is 1. The van der Waals surface area contributed by atoms with E-state index in [4.69, 9.17) is 10.5 Å². The molecule has 1 amide bonds. The number of carbonyl (C=O) groups is 2. The van der Waals surface area contributed by atoms with Crippen molar-refractivity contribution in [3.63, 3.8) is 0 Å². The number of esters is 1. The lowest BCUT2D eigenvalue weighted by molar-refractivity contribution is -0.145. The summed E-state index contributed by atoms with van der Waals surface area (Å²) in [5, 5.41) is 4.57. The summed E-state index contributed by atoms with van der Waals surface area (Å²) in [5.41, 5.74) is 15.3. The molecule has 0 unspecified atom stereocenters. The third-order valence-electron chi connectivity index (χ3n) is 5.04. The van der Waals surface area contributed by atoms with Crippen LogP contribution in [0.5, 0.6) is 0 Å². The number of hydrazine groups is 2. The topological polar surface area (TPSA) is 109 Å². The average Bonchev–Trinajstić information content (AvgIpc) is 3.21. The Labute approximate surface area is 182 Å². The molecule has 0 saturated heterocycles. The lowest BCUT2D eigenvalue weighted by Gasteiger charge is -2.23. The Morgan fingerprint density at radius 1 is 1.10 bits per heavy atom. The first-order valence-electron chi connectivity index (χ1n) is 10.3. The fraction of sp³-hybridized carbons (Fsp3) is 0.304. The number of nitrogens with zero attached hydrogens (tertiary/aromatic N) is 1. The third-order valence-corrected chi connectivity index (χ3v) is 5.04. The summed E-state index contributed by atoms with van der Waals surface area (Å²) in [7, 11) is 1.73. The summed E-state index contributed by atoms with van der Waals surface area (Å²) >= 11 is 0. The van der Waals surface area contributed by atoms with Crippen molar-refractivity contribution in [3.8, 4) is 11.1 Å². The monoisotopic (exact) mass is 423 g/mol. The molecule has 0 saturated carbocycles. The summed E-state index contributed by atoms with van der Waals surface area (Å²) in [6.07, 6.45) is 2.38. The number of benzene rings is 2. The molecular weight excluding hydrogens is 394 g/mol. The van der Waals surface area contributed by atoms with Crippen molar-refractivity contribution in [3.05, 3.63) is 72.1 Å². The molecule has 1 aliphatic rings. The highest BCUT2D eigenvalue weighted by Gasteiger charge is 2.25. The van der Waals surface area contributed by atoms with Gasteiger partial charge in [-0.25, -0.2) is 0 Å². The van der Waals surface area contributed by atoms with Crippen LogP contribution in [-0.2, 0) is 20.7 Å². The molecule has 0 radical (unpaired) electrons. The molecule has 0 fully saturated rings. The number of ether oxygens (including phenoxy) is 1. The van der Waals surface area contributed by atoms with Crippen molar-refractivity contribution in [2.75, 3.05) is 13.7 Å². The van der Waals surface area contributed by atoms with Crippen LogP contribution >= 0.6 is 0 Å². The largest absolute Gasteiger partial charge is 0.465 e. The van der Waals surface area contributed by atoms with E-state index in [1.807, 2.05) is 30.3 Å². The number of rotatable bonds is 9. The number of likely N-dealkylation sites (N-methyl/N-ethyl adjacent to an activating group) is 1. The normalized spacial score (nSPS) is 14.9. The molecule has 8 nitrogen and oxygen atoms in total. The van der Waals surface area contributed by atoms with Crippen LogP contribution < -0.4 is 22.0 Å². The zero-order valence-electron chi connectivity index (χ0n) is 17.8. The van der Waals surface area contributed by atoms with Gasteiger partial charge in [0.25, 0.3) is 5.91 Å². The van der Waals surface area contributed by atoms with Crippen molar-refractivity contribution in [2.24, 2.45) is 5.73 Å². The van der Waals surface area contributed by atoms with Crippen LogP contribution in [0.4, 0.5) is 0 Å². The van der Waals surface area contributed by atoms with Crippen LogP contribution in [0.3, 0.4) is 0 Å². The minimum Gasteiger partial charge on any atom is -0.465 e. The Hall–Kier alpha value is -3.36. The second-order valence-corrected chi connectivity index (χ2v) is 7.38. The highest BCUT2D eigenvalue weighted by atomic mass is 16.5. The highest BCUT2D eigenvalue weighted by molar-refractivity contribution is 5.93. The standard InChI is InChI=1S/C23H29N5O3/c1-3-31-23(30)20(24)14-19(26-22(29)21-15-25-27-28(21)2)13-16-9-11-18(12-10-16)17-7-5-4-6-8-17/h4-12,15,19-20,25,27H,3,13-14,24H2,1-2H3,(H,26,29)/t19-,20-/m1/s1. The van der Waals surface area contributed by atoms with E-state index in [0.717, 1.165) is 16.7 Å². The van der Waals surface area contributed by atoms with Gasteiger partial charge in [0, 0.05) is 19.3 Å². The average molecular weight is 424 g/mol. The van der Waals surface area contributed by atoms with Gasteiger partial charge in [0.15, 0.2) is 0 Å². The molecule has 0 aromatic heterocycles. The molecule has 0 aliphatic carbocycles. The Bertz CT molecular complexity index is 915. The minimum absolute atomic E-state index is 0.262. The maximum atomic E-state index is 12.7. The Morgan fingerprint density at radius 3 is 2.39 bits per heavy atom. The van der Waals surface area contributed by atoms with Gasteiger partial charge in [0.1, 0.15) is 11.7 Å². The summed E-state index contributed by atoms with van der Waals surface area (Å²) in [6, 6.07) is 17.1. The summed E-state index contributed by atoms with van der Waals surface area (Å²) < 4.78 is 5.03. The lowest BCUT2D eigenvalue weighted by atomic mass is 9.97.